The van der Waals surface area contributed by atoms with Gasteiger partial charge in [0.05, 0.1) is 0 Å². The van der Waals surface area contributed by atoms with E-state index < -0.39 is 60.7 Å². The number of nitrogens with zero attached hydrogens (tertiary/aromatic N) is 2. The third-order valence-electron chi connectivity index (χ3n) is 8.60. The Bertz CT molecular complexity index is 1620. The molecule has 6 rings (SSSR count). The number of carbonyl (C=O) groups is 5. The van der Waals surface area contributed by atoms with Crippen LogP contribution in [0.2, 0.25) is 0 Å². The molecule has 3 aliphatic rings. The number of ether oxygens (including phenoxy) is 2. The van der Waals surface area contributed by atoms with E-state index in [0.29, 0.717) is 0 Å². The number of alkyl carbamates (subject to hydrolysis) is 1. The van der Waals surface area contributed by atoms with Crippen molar-refractivity contribution in [1.29, 1.82) is 0 Å². The van der Waals surface area contributed by atoms with Crippen molar-refractivity contribution in [2.24, 2.45) is 0 Å². The summed E-state index contributed by atoms with van der Waals surface area (Å²) in [5, 5.41) is 14.3. The molecule has 12 heteroatoms. The van der Waals surface area contributed by atoms with E-state index in [4.69, 9.17) is 9.47 Å². The summed E-state index contributed by atoms with van der Waals surface area (Å²) < 4.78 is 11.4. The maximum absolute atomic E-state index is 13.4. The van der Waals surface area contributed by atoms with Crippen LogP contribution in [-0.2, 0) is 23.9 Å². The maximum atomic E-state index is 13.4. The Hall–Kier alpha value is -5.23. The van der Waals surface area contributed by atoms with Crippen LogP contribution in [0.4, 0.5) is 9.59 Å². The molecule has 3 aromatic rings. The number of hydrogen-bond donors (Lipinski definition) is 3. The van der Waals surface area contributed by atoms with Gasteiger partial charge >= 0.3 is 18.1 Å². The van der Waals surface area contributed by atoms with Crippen LogP contribution in [-0.4, -0.2) is 89.2 Å². The molecule has 3 atom stereocenters. The number of urea groups is 1. The van der Waals surface area contributed by atoms with Gasteiger partial charge < -0.3 is 29.7 Å². The zero-order chi connectivity index (χ0) is 31.7. The third-order valence-corrected chi connectivity index (χ3v) is 8.60. The predicted octanol–water partition coefficient (Wildman–Crippen LogP) is 2.89. The van der Waals surface area contributed by atoms with E-state index in [0.717, 1.165) is 32.7 Å². The summed E-state index contributed by atoms with van der Waals surface area (Å²) in [5.41, 5.74) is 3.68. The quantitative estimate of drug-likeness (QED) is 0.316. The van der Waals surface area contributed by atoms with Crippen molar-refractivity contribution in [3.8, 4) is 11.1 Å². The van der Waals surface area contributed by atoms with Crippen molar-refractivity contribution in [2.75, 3.05) is 32.8 Å². The zero-order valence-corrected chi connectivity index (χ0v) is 24.5. The van der Waals surface area contributed by atoms with E-state index in [1.165, 1.54) is 4.90 Å². The number of nitrogens with one attached hydrogen (secondary N) is 2. The van der Waals surface area contributed by atoms with Gasteiger partial charge in [0.25, 0.3) is 5.91 Å². The molecular weight excluding hydrogens is 580 g/mol. The number of aliphatic carboxylic acids is 1. The molecule has 2 aliphatic heterocycles. The highest BCUT2D eigenvalue weighted by Gasteiger charge is 2.64. The number of hydrogen-bond acceptors (Lipinski definition) is 7. The molecule has 0 aromatic heterocycles. The van der Waals surface area contributed by atoms with E-state index in [-0.39, 0.29) is 25.6 Å². The summed E-state index contributed by atoms with van der Waals surface area (Å²) in [5.74, 6) is -2.67. The lowest BCUT2D eigenvalue weighted by molar-refractivity contribution is -0.250. The van der Waals surface area contributed by atoms with Gasteiger partial charge in [-0.1, -0.05) is 78.9 Å². The first-order chi connectivity index (χ1) is 21.7. The number of rotatable bonds is 10. The lowest BCUT2D eigenvalue weighted by Gasteiger charge is -2.58. The topological polar surface area (TPSA) is 155 Å². The normalized spacial score (nSPS) is 21.5. The molecule has 0 spiro atoms. The molecule has 5 amide bonds. The number of benzene rings is 3. The van der Waals surface area contributed by atoms with Crippen LogP contribution in [0.1, 0.15) is 35.6 Å². The fraction of sp³-hybridized carbons (Fsp3) is 0.303. The number of carbonyl (C=O) groups excluding carboxylic acids is 4. The van der Waals surface area contributed by atoms with Crippen LogP contribution >= 0.6 is 0 Å². The minimum Gasteiger partial charge on any atom is -0.480 e. The smallest absolute Gasteiger partial charge is 0.407 e. The fourth-order valence-electron chi connectivity index (χ4n) is 6.39. The van der Waals surface area contributed by atoms with Crippen molar-refractivity contribution in [2.45, 2.75) is 30.6 Å². The number of carboxylic acids is 1. The molecule has 12 nitrogen and oxygen atoms in total. The van der Waals surface area contributed by atoms with Gasteiger partial charge in [-0.25, -0.2) is 9.59 Å². The van der Waals surface area contributed by atoms with Gasteiger partial charge in [-0.05, 0) is 34.7 Å². The minimum absolute atomic E-state index is 0.0860. The standard InChI is InChI=1S/C33H32N4O8/c1-33-29(28(45-33)20-9-3-2-4-10-20)37(31(42)35-30(33)41)17-26(38)36(18-27(39)40)16-15-34-32(43)44-19-25-23-13-7-5-11-21(23)22-12-6-8-14-24(22)25/h2-14,25,28-29H,15-19H2,1H3,(H,34,43)(H,39,40)(H,35,41,42)/t28-,29-,33+/m0/s1. The van der Waals surface area contributed by atoms with Gasteiger partial charge in [0.2, 0.25) is 5.91 Å². The SMILES string of the molecule is C[C@@]12O[C@@H](c3ccccc3)[C@@H]1N(CC(=O)N(CCNC(=O)OCC1c3ccccc3-c3ccccc31)CC(=O)O)C(=O)NC2=O. The Morgan fingerprint density at radius 2 is 1.60 bits per heavy atom. The van der Waals surface area contributed by atoms with E-state index >= 15 is 0 Å². The predicted molar refractivity (Wildman–Crippen MR) is 160 cm³/mol. The monoisotopic (exact) mass is 612 g/mol. The fourth-order valence-corrected chi connectivity index (χ4v) is 6.39. The summed E-state index contributed by atoms with van der Waals surface area (Å²) in [6.45, 7) is 0.265. The van der Waals surface area contributed by atoms with Crippen LogP contribution in [0, 0.1) is 0 Å². The molecule has 0 unspecified atom stereocenters. The first-order valence-electron chi connectivity index (χ1n) is 14.6. The zero-order valence-electron chi connectivity index (χ0n) is 24.5. The average Bonchev–Trinajstić information content (AvgIpc) is 3.34. The van der Waals surface area contributed by atoms with E-state index in [1.54, 1.807) is 31.2 Å². The number of imide groups is 1. The Morgan fingerprint density at radius 1 is 0.978 bits per heavy atom. The van der Waals surface area contributed by atoms with Crippen LogP contribution in [0.15, 0.2) is 78.9 Å². The molecule has 1 aliphatic carbocycles. The number of fused-ring (bicyclic) bond motifs is 4. The third kappa shape index (κ3) is 5.60. The highest BCUT2D eigenvalue weighted by Crippen LogP contribution is 2.48. The van der Waals surface area contributed by atoms with Gasteiger partial charge in [-0.2, -0.15) is 0 Å². The Balaban J connectivity index is 1.07. The Kier molecular flexibility index (Phi) is 7.98. The molecule has 0 bridgehead atoms. The average molecular weight is 613 g/mol. The van der Waals surface area contributed by atoms with Crippen molar-refractivity contribution < 1.29 is 38.6 Å². The highest BCUT2D eigenvalue weighted by molar-refractivity contribution is 6.04. The maximum Gasteiger partial charge on any atom is 0.407 e. The second-order valence-corrected chi connectivity index (χ2v) is 11.3. The molecule has 2 saturated heterocycles. The molecule has 0 radical (unpaired) electrons. The van der Waals surface area contributed by atoms with Crippen LogP contribution in [0.5, 0.6) is 0 Å². The molecular formula is C33H32N4O8. The van der Waals surface area contributed by atoms with Gasteiger partial charge in [0, 0.05) is 19.0 Å². The van der Waals surface area contributed by atoms with Crippen molar-refractivity contribution in [3.05, 3.63) is 95.6 Å². The van der Waals surface area contributed by atoms with Crippen LogP contribution < -0.4 is 10.6 Å². The summed E-state index contributed by atoms with van der Waals surface area (Å²) in [4.78, 5) is 65.4. The van der Waals surface area contributed by atoms with Gasteiger partial charge in [-0.3, -0.25) is 19.7 Å². The first-order valence-corrected chi connectivity index (χ1v) is 14.6. The van der Waals surface area contributed by atoms with Crippen LogP contribution in [0.3, 0.4) is 0 Å². The number of carboxylic acid groups (broad SMARTS) is 1. The van der Waals surface area contributed by atoms with E-state index in [1.807, 2.05) is 54.6 Å². The molecule has 3 aromatic carbocycles. The van der Waals surface area contributed by atoms with Crippen molar-refractivity contribution in [1.82, 2.24) is 20.4 Å². The largest absolute Gasteiger partial charge is 0.480 e. The van der Waals surface area contributed by atoms with Crippen molar-refractivity contribution >= 4 is 29.9 Å². The first kappa shape index (κ1) is 29.8. The summed E-state index contributed by atoms with van der Waals surface area (Å²) in [6, 6.07) is 23.4. The minimum atomic E-state index is -1.38. The van der Waals surface area contributed by atoms with Crippen LogP contribution in [0.25, 0.3) is 11.1 Å². The van der Waals surface area contributed by atoms with E-state index in [2.05, 4.69) is 10.6 Å². The molecule has 45 heavy (non-hydrogen) atoms. The lowest BCUT2D eigenvalue weighted by atomic mass is 9.78. The second kappa shape index (κ2) is 12.0. The van der Waals surface area contributed by atoms with Gasteiger partial charge in [0.1, 0.15) is 31.8 Å². The lowest BCUT2D eigenvalue weighted by Crippen LogP contribution is -2.78. The summed E-state index contributed by atoms with van der Waals surface area (Å²) >= 11 is 0. The molecule has 2 heterocycles. The highest BCUT2D eigenvalue weighted by atomic mass is 16.6. The molecule has 232 valence electrons. The molecule has 0 saturated carbocycles. The number of amides is 5. The van der Waals surface area contributed by atoms with Gasteiger partial charge in [-0.15, -0.1) is 0 Å². The molecule has 3 N–H and O–H groups in total. The van der Waals surface area contributed by atoms with Gasteiger partial charge in [0.15, 0.2) is 5.60 Å². The summed E-state index contributed by atoms with van der Waals surface area (Å²) in [7, 11) is 0. The van der Waals surface area contributed by atoms with Crippen molar-refractivity contribution in [3.63, 3.8) is 0 Å². The Labute approximate surface area is 258 Å². The van der Waals surface area contributed by atoms with E-state index in [9.17, 15) is 29.1 Å². The summed E-state index contributed by atoms with van der Waals surface area (Å²) in [6.07, 6.45) is -1.36. The second-order valence-electron chi connectivity index (χ2n) is 11.3. The Morgan fingerprint density at radius 3 is 2.24 bits per heavy atom. The molecule has 2 fully saturated rings.